The molecule has 0 spiro atoms. The summed E-state index contributed by atoms with van der Waals surface area (Å²) in [6.07, 6.45) is -4.50. The van der Waals surface area contributed by atoms with Crippen LogP contribution in [0.2, 0.25) is 0 Å². The van der Waals surface area contributed by atoms with Gasteiger partial charge in [-0.15, -0.1) is 0 Å². The van der Waals surface area contributed by atoms with E-state index >= 15 is 0 Å². The second-order valence-electron chi connectivity index (χ2n) is 9.91. The van der Waals surface area contributed by atoms with Gasteiger partial charge in [-0.3, -0.25) is 0 Å². The molecule has 0 amide bonds. The van der Waals surface area contributed by atoms with Gasteiger partial charge in [-0.1, -0.05) is 78.9 Å². The van der Waals surface area contributed by atoms with Gasteiger partial charge in [0.25, 0.3) is 0 Å². The molecule has 0 heterocycles. The van der Waals surface area contributed by atoms with E-state index in [1.807, 2.05) is 60.7 Å². The Hall–Kier alpha value is -4.77. The molecule has 0 aliphatic rings. The molecule has 7 aromatic rings. The zero-order chi connectivity index (χ0) is 27.6. The van der Waals surface area contributed by atoms with Crippen LogP contribution in [-0.4, -0.2) is 0 Å². The molecule has 0 fully saturated rings. The molecular weight excluding hydrogens is 515 g/mol. The van der Waals surface area contributed by atoms with Crippen LogP contribution in [-0.2, 0) is 6.18 Å². The Bertz CT molecular complexity index is 2120. The van der Waals surface area contributed by atoms with E-state index in [1.165, 1.54) is 12.1 Å². The summed E-state index contributed by atoms with van der Waals surface area (Å²) >= 11 is 0. The molecule has 0 aliphatic carbocycles. The van der Waals surface area contributed by atoms with Gasteiger partial charge >= 0.3 is 6.18 Å². The third-order valence-corrected chi connectivity index (χ3v) is 7.58. The van der Waals surface area contributed by atoms with E-state index in [0.29, 0.717) is 32.8 Å². The molecule has 0 unspecified atom stereocenters. The minimum Gasteiger partial charge on any atom is -0.204 e. The van der Waals surface area contributed by atoms with E-state index in [1.54, 1.807) is 24.3 Å². The molecule has 0 bridgehead atoms. The van der Waals surface area contributed by atoms with E-state index in [2.05, 4.69) is 0 Å². The summed E-state index contributed by atoms with van der Waals surface area (Å²) in [6.45, 7) is 0. The predicted molar refractivity (Wildman–Crippen MR) is 152 cm³/mol. The van der Waals surface area contributed by atoms with Crippen molar-refractivity contribution >= 4 is 43.1 Å². The van der Waals surface area contributed by atoms with Gasteiger partial charge < -0.3 is 0 Å². The standard InChI is InChI=1S/C35H19F5/c36-32-18-22-17-30-25(20-8-5-9-23(15-20)35(38,39)40)13-6-14-28(30)34(29(22)19-33(32)37)31-16-21-7-1-2-10-24(21)26-11-3-4-12-27(26)31/h1-19H. The lowest BCUT2D eigenvalue weighted by Gasteiger charge is -2.18. The number of benzene rings is 7. The average molecular weight is 535 g/mol. The summed E-state index contributed by atoms with van der Waals surface area (Å²) in [6, 6.07) is 32.6. The van der Waals surface area contributed by atoms with Crippen molar-refractivity contribution in [2.45, 2.75) is 6.18 Å². The van der Waals surface area contributed by atoms with Crippen molar-refractivity contribution in [1.29, 1.82) is 0 Å². The van der Waals surface area contributed by atoms with Gasteiger partial charge in [0.15, 0.2) is 11.6 Å². The van der Waals surface area contributed by atoms with Gasteiger partial charge in [-0.2, -0.15) is 13.2 Å². The monoisotopic (exact) mass is 534 g/mol. The maximum absolute atomic E-state index is 14.7. The van der Waals surface area contributed by atoms with Crippen LogP contribution in [0.3, 0.4) is 0 Å². The van der Waals surface area contributed by atoms with Crippen molar-refractivity contribution in [2.24, 2.45) is 0 Å². The zero-order valence-corrected chi connectivity index (χ0v) is 20.9. The Kier molecular flexibility index (Phi) is 5.39. The summed E-state index contributed by atoms with van der Waals surface area (Å²) in [5.74, 6) is -1.95. The van der Waals surface area contributed by atoms with Crippen molar-refractivity contribution in [3.63, 3.8) is 0 Å². The molecule has 7 aromatic carbocycles. The second-order valence-corrected chi connectivity index (χ2v) is 9.91. The predicted octanol–water partition coefficient (Wildman–Crippen LogP) is 10.9. The lowest BCUT2D eigenvalue weighted by atomic mass is 9.85. The minimum absolute atomic E-state index is 0.386. The molecule has 7 rings (SSSR count). The first-order chi connectivity index (χ1) is 19.3. The number of alkyl halides is 3. The molecular formula is C35H19F5. The van der Waals surface area contributed by atoms with Crippen LogP contribution in [0, 0.1) is 11.6 Å². The van der Waals surface area contributed by atoms with Crippen LogP contribution in [0.1, 0.15) is 5.56 Å². The van der Waals surface area contributed by atoms with Gasteiger partial charge in [-0.25, -0.2) is 8.78 Å². The Morgan fingerprint density at radius 1 is 0.425 bits per heavy atom. The van der Waals surface area contributed by atoms with Gasteiger partial charge in [0.05, 0.1) is 5.56 Å². The first kappa shape index (κ1) is 24.3. The summed E-state index contributed by atoms with van der Waals surface area (Å²) in [4.78, 5) is 0. The van der Waals surface area contributed by atoms with Gasteiger partial charge in [0.1, 0.15) is 0 Å². The zero-order valence-electron chi connectivity index (χ0n) is 20.9. The Balaban J connectivity index is 1.65. The van der Waals surface area contributed by atoms with Crippen molar-refractivity contribution in [2.75, 3.05) is 0 Å². The van der Waals surface area contributed by atoms with Crippen LogP contribution in [0.25, 0.3) is 65.3 Å². The molecule has 0 N–H and O–H groups in total. The van der Waals surface area contributed by atoms with E-state index < -0.39 is 23.4 Å². The summed E-state index contributed by atoms with van der Waals surface area (Å²) < 4.78 is 70.0. The third kappa shape index (κ3) is 3.81. The maximum atomic E-state index is 14.7. The summed E-state index contributed by atoms with van der Waals surface area (Å²) in [5, 5.41) is 6.35. The number of hydrogen-bond donors (Lipinski definition) is 0. The minimum atomic E-state index is -4.50. The van der Waals surface area contributed by atoms with Crippen LogP contribution < -0.4 is 0 Å². The highest BCUT2D eigenvalue weighted by Gasteiger charge is 2.30. The SMILES string of the molecule is Fc1cc2cc3c(-c4cccc(C(F)(F)F)c4)cccc3c(-c3cc4ccccc4c4ccccc34)c2cc1F. The highest BCUT2D eigenvalue weighted by Crippen LogP contribution is 2.45. The molecule has 0 saturated carbocycles. The maximum Gasteiger partial charge on any atom is 0.416 e. The Labute approximate surface area is 225 Å². The molecule has 0 aromatic heterocycles. The smallest absolute Gasteiger partial charge is 0.204 e. The Morgan fingerprint density at radius 3 is 1.90 bits per heavy atom. The summed E-state index contributed by atoms with van der Waals surface area (Å²) in [5.41, 5.74) is 1.73. The lowest BCUT2D eigenvalue weighted by molar-refractivity contribution is -0.137. The highest BCUT2D eigenvalue weighted by atomic mass is 19.4. The van der Waals surface area contributed by atoms with Crippen molar-refractivity contribution in [1.82, 2.24) is 0 Å². The first-order valence-corrected chi connectivity index (χ1v) is 12.7. The number of hydrogen-bond acceptors (Lipinski definition) is 0. The summed E-state index contributed by atoms with van der Waals surface area (Å²) in [7, 11) is 0. The fourth-order valence-corrected chi connectivity index (χ4v) is 5.80. The molecule has 0 saturated heterocycles. The van der Waals surface area contributed by atoms with E-state index in [-0.39, 0.29) is 0 Å². The van der Waals surface area contributed by atoms with Crippen molar-refractivity contribution < 1.29 is 22.0 Å². The van der Waals surface area contributed by atoms with Crippen LogP contribution >= 0.6 is 0 Å². The van der Waals surface area contributed by atoms with Crippen LogP contribution in [0.5, 0.6) is 0 Å². The molecule has 40 heavy (non-hydrogen) atoms. The number of rotatable bonds is 2. The van der Waals surface area contributed by atoms with Gasteiger partial charge in [0.2, 0.25) is 0 Å². The normalized spacial score (nSPS) is 12.1. The van der Waals surface area contributed by atoms with E-state index in [0.717, 1.165) is 50.7 Å². The molecule has 0 radical (unpaired) electrons. The first-order valence-electron chi connectivity index (χ1n) is 12.7. The third-order valence-electron chi connectivity index (χ3n) is 7.58. The Morgan fingerprint density at radius 2 is 1.10 bits per heavy atom. The van der Waals surface area contributed by atoms with Gasteiger partial charge in [-0.05, 0) is 102 Å². The highest BCUT2D eigenvalue weighted by molar-refractivity contribution is 6.22. The fourth-order valence-electron chi connectivity index (χ4n) is 5.80. The van der Waals surface area contributed by atoms with Crippen molar-refractivity contribution in [3.05, 3.63) is 132 Å². The average Bonchev–Trinajstić information content (AvgIpc) is 2.96. The van der Waals surface area contributed by atoms with E-state index in [4.69, 9.17) is 0 Å². The fraction of sp³-hybridized carbons (Fsp3) is 0.0286. The van der Waals surface area contributed by atoms with Crippen LogP contribution in [0.4, 0.5) is 22.0 Å². The molecule has 5 heteroatoms. The largest absolute Gasteiger partial charge is 0.416 e. The van der Waals surface area contributed by atoms with Crippen LogP contribution in [0.15, 0.2) is 115 Å². The second kappa shape index (κ2) is 8.88. The topological polar surface area (TPSA) is 0 Å². The number of halogens is 5. The molecule has 0 aliphatic heterocycles. The van der Waals surface area contributed by atoms with Gasteiger partial charge in [0, 0.05) is 0 Å². The molecule has 0 atom stereocenters. The quantitative estimate of drug-likeness (QED) is 0.118. The van der Waals surface area contributed by atoms with Crippen molar-refractivity contribution in [3.8, 4) is 22.3 Å². The van der Waals surface area contributed by atoms with E-state index in [9.17, 15) is 22.0 Å². The lowest BCUT2D eigenvalue weighted by Crippen LogP contribution is -2.04. The molecule has 194 valence electrons. The number of fused-ring (bicyclic) bond motifs is 5. The molecule has 0 nitrogen and oxygen atoms in total.